The van der Waals surface area contributed by atoms with Gasteiger partial charge in [-0.05, 0) is 49.2 Å². The highest BCUT2D eigenvalue weighted by molar-refractivity contribution is 8.00. The summed E-state index contributed by atoms with van der Waals surface area (Å²) in [7, 11) is 1.59. The normalized spacial score (nSPS) is 12.2. The van der Waals surface area contributed by atoms with Gasteiger partial charge < -0.3 is 19.5 Å². The van der Waals surface area contributed by atoms with Crippen molar-refractivity contribution in [2.24, 2.45) is 0 Å². The van der Waals surface area contributed by atoms with Gasteiger partial charge in [0.2, 0.25) is 12.7 Å². The number of nitrogens with one attached hydrogen (secondary N) is 1. The summed E-state index contributed by atoms with van der Waals surface area (Å²) in [4.78, 5) is 17.1. The van der Waals surface area contributed by atoms with Crippen LogP contribution in [0.4, 0.5) is 5.69 Å². The third-order valence-electron chi connectivity index (χ3n) is 4.42. The van der Waals surface area contributed by atoms with Crippen LogP contribution in [0.3, 0.4) is 0 Å². The summed E-state index contributed by atoms with van der Waals surface area (Å²) >= 11 is 1.40. The number of methoxy groups -OCH3 is 1. The molecule has 4 rings (SSSR count). The molecular formula is C21H20N2O4S. The first-order valence-electron chi connectivity index (χ1n) is 8.82. The molecule has 1 aliphatic heterocycles. The summed E-state index contributed by atoms with van der Waals surface area (Å²) in [6.07, 6.45) is 0. The summed E-state index contributed by atoms with van der Waals surface area (Å²) < 4.78 is 16.2. The first-order valence-corrected chi connectivity index (χ1v) is 9.80. The molecule has 7 heteroatoms. The smallest absolute Gasteiger partial charge is 0.234 e. The zero-order valence-corrected chi connectivity index (χ0v) is 16.7. The lowest BCUT2D eigenvalue weighted by molar-refractivity contribution is -0.113. The highest BCUT2D eigenvalue weighted by Gasteiger charge is 2.16. The minimum atomic E-state index is -0.110. The predicted octanol–water partition coefficient (Wildman–Crippen LogP) is 4.32. The molecule has 1 N–H and O–H groups in total. The third-order valence-corrected chi connectivity index (χ3v) is 5.52. The van der Waals surface area contributed by atoms with Crippen molar-refractivity contribution in [3.63, 3.8) is 0 Å². The topological polar surface area (TPSA) is 69.7 Å². The Bertz CT molecular complexity index is 1070. The highest BCUT2D eigenvalue weighted by atomic mass is 32.2. The fraction of sp³-hybridized carbons (Fsp3) is 0.238. The second kappa shape index (κ2) is 7.59. The monoisotopic (exact) mass is 396 g/mol. The second-order valence-electron chi connectivity index (χ2n) is 6.55. The van der Waals surface area contributed by atoms with Crippen LogP contribution in [-0.4, -0.2) is 30.5 Å². The summed E-state index contributed by atoms with van der Waals surface area (Å²) in [5, 5.41) is 4.72. The predicted molar refractivity (Wildman–Crippen MR) is 110 cm³/mol. The average molecular weight is 396 g/mol. The molecule has 0 spiro atoms. The van der Waals surface area contributed by atoms with Crippen molar-refractivity contribution in [3.05, 3.63) is 47.5 Å². The van der Waals surface area contributed by atoms with E-state index in [2.05, 4.69) is 5.32 Å². The van der Waals surface area contributed by atoms with Crippen LogP contribution in [-0.2, 0) is 4.79 Å². The molecule has 0 fully saturated rings. The van der Waals surface area contributed by atoms with Gasteiger partial charge in [0.1, 0.15) is 10.8 Å². The SMILES string of the molecule is COc1ccc(C)cc1NC(=O)CSc1nc2cc3c(cc2cc1C)OCO3. The van der Waals surface area contributed by atoms with Gasteiger partial charge in [-0.3, -0.25) is 4.79 Å². The molecule has 2 heterocycles. The van der Waals surface area contributed by atoms with Gasteiger partial charge in [-0.15, -0.1) is 0 Å². The molecule has 2 aromatic carbocycles. The van der Waals surface area contributed by atoms with Crippen LogP contribution in [0.1, 0.15) is 11.1 Å². The maximum Gasteiger partial charge on any atom is 0.234 e. The number of hydrogen-bond acceptors (Lipinski definition) is 6. The molecule has 0 aliphatic carbocycles. The first-order chi connectivity index (χ1) is 13.5. The Kier molecular flexibility index (Phi) is 5.00. The van der Waals surface area contributed by atoms with Gasteiger partial charge in [-0.25, -0.2) is 4.98 Å². The fourth-order valence-electron chi connectivity index (χ4n) is 3.04. The molecule has 1 aromatic heterocycles. The number of hydrogen-bond donors (Lipinski definition) is 1. The van der Waals surface area contributed by atoms with Crippen LogP contribution >= 0.6 is 11.8 Å². The van der Waals surface area contributed by atoms with Crippen molar-refractivity contribution in [1.29, 1.82) is 0 Å². The number of pyridine rings is 1. The average Bonchev–Trinajstić information content (AvgIpc) is 3.12. The largest absolute Gasteiger partial charge is 0.495 e. The summed E-state index contributed by atoms with van der Waals surface area (Å²) in [6.45, 7) is 4.19. The van der Waals surface area contributed by atoms with Gasteiger partial charge in [0.05, 0.1) is 24.1 Å². The molecule has 28 heavy (non-hydrogen) atoms. The standard InChI is InChI=1S/C21H20N2O4S/c1-12-4-5-17(25-3)16(6-12)22-20(24)10-28-21-13(2)7-14-8-18-19(27-11-26-18)9-15(14)23-21/h4-9H,10-11H2,1-3H3,(H,22,24). The Balaban J connectivity index is 1.49. The number of aryl methyl sites for hydroxylation is 2. The van der Waals surface area contributed by atoms with E-state index in [4.69, 9.17) is 19.2 Å². The number of thioether (sulfide) groups is 1. The summed E-state index contributed by atoms with van der Waals surface area (Å²) in [5.74, 6) is 2.21. The molecule has 144 valence electrons. The summed E-state index contributed by atoms with van der Waals surface area (Å²) in [5.41, 5.74) is 3.55. The zero-order valence-electron chi connectivity index (χ0n) is 15.9. The fourth-order valence-corrected chi connectivity index (χ4v) is 3.83. The van der Waals surface area contributed by atoms with Crippen LogP contribution in [0.2, 0.25) is 0 Å². The van der Waals surface area contributed by atoms with Crippen LogP contribution in [0.5, 0.6) is 17.2 Å². The van der Waals surface area contributed by atoms with Crippen LogP contribution in [0.25, 0.3) is 10.9 Å². The van der Waals surface area contributed by atoms with Crippen molar-refractivity contribution in [2.45, 2.75) is 18.9 Å². The second-order valence-corrected chi connectivity index (χ2v) is 7.51. The van der Waals surface area contributed by atoms with E-state index in [0.717, 1.165) is 32.8 Å². The number of rotatable bonds is 5. The number of aromatic nitrogens is 1. The zero-order chi connectivity index (χ0) is 19.7. The van der Waals surface area contributed by atoms with E-state index in [0.29, 0.717) is 17.2 Å². The van der Waals surface area contributed by atoms with Gasteiger partial charge in [0.15, 0.2) is 11.5 Å². The Labute approximate surface area is 167 Å². The number of nitrogens with zero attached hydrogens (tertiary/aromatic N) is 1. The summed E-state index contributed by atoms with van der Waals surface area (Å²) in [6, 6.07) is 11.5. The van der Waals surface area contributed by atoms with Crippen molar-refractivity contribution in [3.8, 4) is 17.2 Å². The Morgan fingerprint density at radius 2 is 1.96 bits per heavy atom. The maximum absolute atomic E-state index is 12.4. The minimum absolute atomic E-state index is 0.110. The number of amides is 1. The van der Waals surface area contributed by atoms with Gasteiger partial charge in [0.25, 0.3) is 0 Å². The van der Waals surface area contributed by atoms with Gasteiger partial charge in [-0.1, -0.05) is 17.8 Å². The molecule has 0 saturated carbocycles. The number of benzene rings is 2. The molecule has 1 amide bonds. The Hall–Kier alpha value is -2.93. The number of anilines is 1. The number of carbonyl (C=O) groups is 1. The Morgan fingerprint density at radius 1 is 1.18 bits per heavy atom. The van der Waals surface area contributed by atoms with E-state index in [1.54, 1.807) is 7.11 Å². The number of fused-ring (bicyclic) bond motifs is 2. The molecule has 0 atom stereocenters. The maximum atomic E-state index is 12.4. The van der Waals surface area contributed by atoms with E-state index in [1.807, 2.05) is 50.2 Å². The van der Waals surface area contributed by atoms with Crippen molar-refractivity contribution >= 4 is 34.3 Å². The molecule has 0 saturated heterocycles. The number of ether oxygens (including phenoxy) is 3. The molecule has 1 aliphatic rings. The van der Waals surface area contributed by atoms with E-state index < -0.39 is 0 Å². The number of carbonyl (C=O) groups excluding carboxylic acids is 1. The quantitative estimate of drug-likeness (QED) is 0.648. The lowest BCUT2D eigenvalue weighted by atomic mass is 10.1. The van der Waals surface area contributed by atoms with Crippen molar-refractivity contribution < 1.29 is 19.0 Å². The molecule has 6 nitrogen and oxygen atoms in total. The lowest BCUT2D eigenvalue weighted by Crippen LogP contribution is -2.15. The molecule has 0 unspecified atom stereocenters. The van der Waals surface area contributed by atoms with E-state index >= 15 is 0 Å². The van der Waals surface area contributed by atoms with E-state index in [9.17, 15) is 4.79 Å². The van der Waals surface area contributed by atoms with Crippen molar-refractivity contribution in [1.82, 2.24) is 4.98 Å². The molecule has 0 radical (unpaired) electrons. The van der Waals surface area contributed by atoms with Gasteiger partial charge in [0, 0.05) is 11.5 Å². The van der Waals surface area contributed by atoms with Gasteiger partial charge >= 0.3 is 0 Å². The van der Waals surface area contributed by atoms with Crippen molar-refractivity contribution in [2.75, 3.05) is 25.0 Å². The minimum Gasteiger partial charge on any atom is -0.495 e. The third kappa shape index (κ3) is 3.71. The van der Waals surface area contributed by atoms with E-state index in [1.165, 1.54) is 11.8 Å². The van der Waals surface area contributed by atoms with Crippen LogP contribution in [0, 0.1) is 13.8 Å². The Morgan fingerprint density at radius 3 is 2.75 bits per heavy atom. The van der Waals surface area contributed by atoms with Crippen LogP contribution in [0.15, 0.2) is 41.4 Å². The van der Waals surface area contributed by atoms with Crippen LogP contribution < -0.4 is 19.5 Å². The molecule has 3 aromatic rings. The van der Waals surface area contributed by atoms with E-state index in [-0.39, 0.29) is 18.5 Å². The highest BCUT2D eigenvalue weighted by Crippen LogP contribution is 2.37. The lowest BCUT2D eigenvalue weighted by Gasteiger charge is -2.11. The molecule has 0 bridgehead atoms. The first kappa shape index (κ1) is 18.4. The molecular weight excluding hydrogens is 376 g/mol. The van der Waals surface area contributed by atoms with Gasteiger partial charge in [-0.2, -0.15) is 0 Å².